The molecule has 40 heavy (non-hydrogen) atoms. The maximum absolute atomic E-state index is 16.3. The van der Waals surface area contributed by atoms with Gasteiger partial charge in [-0.3, -0.25) is 14.3 Å². The minimum absolute atomic E-state index is 0.574. The van der Waals surface area contributed by atoms with Crippen molar-refractivity contribution in [2.45, 2.75) is 30.2 Å². The molecule has 2 N–H and O–H groups in total. The quantitative estimate of drug-likeness (QED) is 0.309. The predicted molar refractivity (Wildman–Crippen MR) is 144 cm³/mol. The summed E-state index contributed by atoms with van der Waals surface area (Å²) in [5.74, 6) is 1.25. The third-order valence-electron chi connectivity index (χ3n) is 7.06. The average molecular weight is 549 g/mol. The van der Waals surface area contributed by atoms with Gasteiger partial charge < -0.3 is 24.1 Å². The Morgan fingerprint density at radius 3 is 1.93 bits per heavy atom. The van der Waals surface area contributed by atoms with Gasteiger partial charge in [-0.05, 0) is 41.0 Å². The molecule has 0 bridgehead atoms. The van der Waals surface area contributed by atoms with E-state index in [1.165, 1.54) is 0 Å². The first kappa shape index (κ1) is 27.3. The monoisotopic (exact) mass is 548 g/mol. The lowest BCUT2D eigenvalue weighted by atomic mass is 9.79. The zero-order chi connectivity index (χ0) is 28.3. The Morgan fingerprint density at radius 2 is 1.43 bits per heavy atom. The number of aromatic nitrogens is 2. The van der Waals surface area contributed by atoms with Crippen molar-refractivity contribution in [3.8, 4) is 11.5 Å². The van der Waals surface area contributed by atoms with Gasteiger partial charge in [0.15, 0.2) is 12.4 Å². The normalized spacial score (nSPS) is 20.8. The van der Waals surface area contributed by atoms with Crippen LogP contribution in [0.15, 0.2) is 101 Å². The molecule has 4 atom stereocenters. The van der Waals surface area contributed by atoms with Gasteiger partial charge in [-0.25, -0.2) is 9.18 Å². The Balaban J connectivity index is 1.68. The van der Waals surface area contributed by atoms with Crippen molar-refractivity contribution in [1.82, 2.24) is 9.55 Å². The van der Waals surface area contributed by atoms with Gasteiger partial charge in [0, 0.05) is 12.3 Å². The topological polar surface area (TPSA) is 112 Å². The molecule has 0 amide bonds. The Hall–Kier alpha value is -4.25. The highest BCUT2D eigenvalue weighted by Crippen LogP contribution is 2.46. The van der Waals surface area contributed by atoms with Crippen LogP contribution in [0.25, 0.3) is 0 Å². The molecule has 1 aliphatic rings. The summed E-state index contributed by atoms with van der Waals surface area (Å²) in [4.78, 5) is 26.2. The number of hydrogen-bond acceptors (Lipinski definition) is 7. The molecule has 3 aromatic carbocycles. The molecule has 0 spiro atoms. The SMILES string of the molecule is COc1ccc(C(O[C@H]2[C@@H](F)[C@H](n3ccc(=O)[nH]c3=O)O[C@@H]2CO)(c2ccccc2)c2ccc(OC)cc2)cc1. The van der Waals surface area contributed by atoms with E-state index in [1.807, 2.05) is 54.6 Å². The van der Waals surface area contributed by atoms with Gasteiger partial charge in [0.2, 0.25) is 0 Å². The van der Waals surface area contributed by atoms with E-state index in [1.54, 1.807) is 38.5 Å². The van der Waals surface area contributed by atoms with E-state index in [2.05, 4.69) is 4.98 Å². The summed E-state index contributed by atoms with van der Waals surface area (Å²) < 4.78 is 40.6. The highest BCUT2D eigenvalue weighted by atomic mass is 19.1. The van der Waals surface area contributed by atoms with Crippen LogP contribution in [-0.2, 0) is 15.1 Å². The van der Waals surface area contributed by atoms with Crippen molar-refractivity contribution in [2.75, 3.05) is 20.8 Å². The van der Waals surface area contributed by atoms with Gasteiger partial charge >= 0.3 is 5.69 Å². The standard InChI is InChI=1S/C30H29FN2O7/c1-37-22-12-8-20(9-13-22)30(19-6-4-3-5-7-19,21-10-14-23(38-2)15-11-21)40-27-24(18-34)39-28(26(27)31)33-17-16-25(35)32-29(33)36/h3-17,24,26-28,34H,18H2,1-2H3,(H,32,35,36)/t24-,26-,27-,28-/m1/s1. The van der Waals surface area contributed by atoms with E-state index in [0.29, 0.717) is 28.2 Å². The Bertz CT molecular complexity index is 1490. The third-order valence-corrected chi connectivity index (χ3v) is 7.06. The molecule has 10 heteroatoms. The van der Waals surface area contributed by atoms with Crippen molar-refractivity contribution in [1.29, 1.82) is 0 Å². The van der Waals surface area contributed by atoms with Gasteiger partial charge in [0.25, 0.3) is 5.56 Å². The average Bonchev–Trinajstić information content (AvgIpc) is 3.30. The van der Waals surface area contributed by atoms with Crippen LogP contribution in [0.5, 0.6) is 11.5 Å². The van der Waals surface area contributed by atoms with Crippen molar-refractivity contribution in [2.24, 2.45) is 0 Å². The summed E-state index contributed by atoms with van der Waals surface area (Å²) in [5, 5.41) is 10.2. The molecule has 5 rings (SSSR count). The zero-order valence-corrected chi connectivity index (χ0v) is 21.9. The maximum Gasteiger partial charge on any atom is 0.330 e. The summed E-state index contributed by atoms with van der Waals surface area (Å²) in [6.07, 6.45) is -4.62. The zero-order valence-electron chi connectivity index (χ0n) is 21.9. The highest BCUT2D eigenvalue weighted by Gasteiger charge is 2.52. The van der Waals surface area contributed by atoms with Crippen molar-refractivity contribution < 1.29 is 28.4 Å². The molecular weight excluding hydrogens is 519 g/mol. The van der Waals surface area contributed by atoms with E-state index in [0.717, 1.165) is 16.8 Å². The first-order valence-electron chi connectivity index (χ1n) is 12.7. The second-order valence-corrected chi connectivity index (χ2v) is 9.30. The van der Waals surface area contributed by atoms with Crippen LogP contribution in [0.4, 0.5) is 4.39 Å². The molecule has 1 aromatic heterocycles. The number of H-pyrrole nitrogens is 1. The number of nitrogens with zero attached hydrogens (tertiary/aromatic N) is 1. The van der Waals surface area contributed by atoms with Crippen LogP contribution in [0, 0.1) is 0 Å². The second-order valence-electron chi connectivity index (χ2n) is 9.30. The smallest absolute Gasteiger partial charge is 0.330 e. The fourth-order valence-corrected chi connectivity index (χ4v) is 5.07. The van der Waals surface area contributed by atoms with Crippen LogP contribution in [0.2, 0.25) is 0 Å². The molecule has 2 heterocycles. The third kappa shape index (κ3) is 4.92. The molecule has 1 saturated heterocycles. The molecule has 0 radical (unpaired) electrons. The van der Waals surface area contributed by atoms with Crippen LogP contribution < -0.4 is 20.7 Å². The fourth-order valence-electron chi connectivity index (χ4n) is 5.07. The number of rotatable bonds is 9. The minimum Gasteiger partial charge on any atom is -0.497 e. The first-order chi connectivity index (χ1) is 19.4. The molecular formula is C30H29FN2O7. The van der Waals surface area contributed by atoms with Crippen molar-refractivity contribution in [3.63, 3.8) is 0 Å². The van der Waals surface area contributed by atoms with Gasteiger partial charge in [-0.2, -0.15) is 0 Å². The molecule has 0 aliphatic carbocycles. The van der Waals surface area contributed by atoms with Gasteiger partial charge in [0.05, 0.1) is 20.8 Å². The molecule has 9 nitrogen and oxygen atoms in total. The second kappa shape index (κ2) is 11.5. The number of methoxy groups -OCH3 is 2. The number of ether oxygens (including phenoxy) is 4. The first-order valence-corrected chi connectivity index (χ1v) is 12.7. The lowest BCUT2D eigenvalue weighted by Crippen LogP contribution is -2.44. The Labute approximate surface area is 229 Å². The van der Waals surface area contributed by atoms with Gasteiger partial charge in [0.1, 0.15) is 29.3 Å². The predicted octanol–water partition coefficient (Wildman–Crippen LogP) is 3.16. The van der Waals surface area contributed by atoms with Crippen molar-refractivity contribution in [3.05, 3.63) is 129 Å². The van der Waals surface area contributed by atoms with Gasteiger partial charge in [-0.15, -0.1) is 0 Å². The maximum atomic E-state index is 16.3. The van der Waals surface area contributed by atoms with Crippen LogP contribution in [0.3, 0.4) is 0 Å². The summed E-state index contributed by atoms with van der Waals surface area (Å²) in [6.45, 7) is -0.574. The summed E-state index contributed by atoms with van der Waals surface area (Å²) in [6, 6.07) is 24.9. The highest BCUT2D eigenvalue weighted by molar-refractivity contribution is 5.50. The number of aliphatic hydroxyl groups is 1. The number of aromatic amines is 1. The number of nitrogens with one attached hydrogen (secondary N) is 1. The van der Waals surface area contributed by atoms with Crippen LogP contribution in [0.1, 0.15) is 22.9 Å². The molecule has 0 unspecified atom stereocenters. The lowest BCUT2D eigenvalue weighted by molar-refractivity contribution is -0.105. The Morgan fingerprint density at radius 1 is 0.875 bits per heavy atom. The van der Waals surface area contributed by atoms with Crippen molar-refractivity contribution >= 4 is 0 Å². The molecule has 1 aliphatic heterocycles. The van der Waals surface area contributed by atoms with Crippen LogP contribution >= 0.6 is 0 Å². The van der Waals surface area contributed by atoms with E-state index in [-0.39, 0.29) is 0 Å². The summed E-state index contributed by atoms with van der Waals surface area (Å²) >= 11 is 0. The molecule has 0 saturated carbocycles. The summed E-state index contributed by atoms with van der Waals surface area (Å²) in [5.41, 5.74) is -0.813. The number of hydrogen-bond donors (Lipinski definition) is 2. The van der Waals surface area contributed by atoms with Gasteiger partial charge in [-0.1, -0.05) is 54.6 Å². The number of halogens is 1. The van der Waals surface area contributed by atoms with E-state index in [4.69, 9.17) is 18.9 Å². The largest absolute Gasteiger partial charge is 0.497 e. The number of alkyl halides is 1. The van der Waals surface area contributed by atoms with E-state index < -0.39 is 48.1 Å². The summed E-state index contributed by atoms with van der Waals surface area (Å²) in [7, 11) is 3.13. The number of aliphatic hydroxyl groups excluding tert-OH is 1. The van der Waals surface area contributed by atoms with E-state index >= 15 is 4.39 Å². The minimum atomic E-state index is -1.89. The van der Waals surface area contributed by atoms with Crippen LogP contribution in [-0.4, -0.2) is 53.9 Å². The molecule has 4 aromatic rings. The fraction of sp³-hybridized carbons (Fsp3) is 0.267. The Kier molecular flexibility index (Phi) is 7.83. The number of benzene rings is 3. The molecule has 1 fully saturated rings. The lowest BCUT2D eigenvalue weighted by Gasteiger charge is -2.39. The molecule has 208 valence electrons. The van der Waals surface area contributed by atoms with E-state index in [9.17, 15) is 14.7 Å².